The minimum absolute atomic E-state index is 0.0826. The van der Waals surface area contributed by atoms with Crippen LogP contribution in [0.4, 0.5) is 10.1 Å². The molecule has 3 aromatic carbocycles. The van der Waals surface area contributed by atoms with E-state index in [0.717, 1.165) is 16.4 Å². The third-order valence-electron chi connectivity index (χ3n) is 4.74. The molecule has 1 heterocycles. The molecule has 0 saturated heterocycles. The fourth-order valence-corrected chi connectivity index (χ4v) is 4.81. The molecular weight excluding hydrogens is 459 g/mol. The second kappa shape index (κ2) is 9.15. The highest BCUT2D eigenvalue weighted by atomic mass is 35.5. The number of carbonyl (C=O) groups excluding carboxylic acids is 1. The SMILES string of the molecule is O=C(CN(Cc1ccccc1Cl)S(=O)(=O)c1ccccc1F)Nc1ccc2c(c1)OCO2. The first-order valence-corrected chi connectivity index (χ1v) is 11.3. The Labute approximate surface area is 189 Å². The van der Waals surface area contributed by atoms with Crippen molar-refractivity contribution in [3.05, 3.63) is 83.1 Å². The Morgan fingerprint density at radius 2 is 1.75 bits per heavy atom. The number of ether oxygens (including phenoxy) is 2. The maximum absolute atomic E-state index is 14.3. The fraction of sp³-hybridized carbons (Fsp3) is 0.136. The van der Waals surface area contributed by atoms with Crippen LogP contribution < -0.4 is 14.8 Å². The summed E-state index contributed by atoms with van der Waals surface area (Å²) in [7, 11) is -4.35. The van der Waals surface area contributed by atoms with Crippen LogP contribution in [-0.2, 0) is 21.4 Å². The summed E-state index contributed by atoms with van der Waals surface area (Å²) in [6.45, 7) is -0.694. The van der Waals surface area contributed by atoms with Crippen LogP contribution in [0.15, 0.2) is 71.6 Å². The first-order chi connectivity index (χ1) is 15.3. The van der Waals surface area contributed by atoms with Crippen molar-refractivity contribution in [1.82, 2.24) is 4.31 Å². The lowest BCUT2D eigenvalue weighted by Crippen LogP contribution is -2.38. The molecule has 1 aliphatic rings. The number of rotatable bonds is 7. The number of nitrogens with one attached hydrogen (secondary N) is 1. The summed E-state index contributed by atoms with van der Waals surface area (Å²) >= 11 is 6.19. The Hall–Kier alpha value is -3.14. The van der Waals surface area contributed by atoms with E-state index in [2.05, 4.69) is 5.32 Å². The molecule has 3 aromatic rings. The zero-order valence-corrected chi connectivity index (χ0v) is 18.2. The van der Waals surface area contributed by atoms with Gasteiger partial charge in [0.25, 0.3) is 0 Å². The van der Waals surface area contributed by atoms with Gasteiger partial charge in [-0.25, -0.2) is 12.8 Å². The molecule has 1 amide bonds. The highest BCUT2D eigenvalue weighted by Crippen LogP contribution is 2.34. The Balaban J connectivity index is 1.61. The number of hydrogen-bond donors (Lipinski definition) is 1. The van der Waals surface area contributed by atoms with Crippen molar-refractivity contribution < 1.29 is 27.1 Å². The predicted octanol–water partition coefficient (Wildman–Crippen LogP) is 4.04. The number of fused-ring (bicyclic) bond motifs is 1. The van der Waals surface area contributed by atoms with E-state index in [-0.39, 0.29) is 13.3 Å². The number of amides is 1. The van der Waals surface area contributed by atoms with E-state index in [1.165, 1.54) is 12.1 Å². The summed E-state index contributed by atoms with van der Waals surface area (Å²) in [5.74, 6) is -0.510. The lowest BCUT2D eigenvalue weighted by atomic mass is 10.2. The van der Waals surface area contributed by atoms with Gasteiger partial charge < -0.3 is 14.8 Å². The normalized spacial score (nSPS) is 12.7. The Bertz CT molecular complexity index is 1270. The van der Waals surface area contributed by atoms with E-state index >= 15 is 0 Å². The molecule has 0 radical (unpaired) electrons. The summed E-state index contributed by atoms with van der Waals surface area (Å²) < 4.78 is 52.2. The van der Waals surface area contributed by atoms with Gasteiger partial charge in [0.15, 0.2) is 11.5 Å². The Kier molecular flexibility index (Phi) is 6.31. The van der Waals surface area contributed by atoms with Gasteiger partial charge in [-0.05, 0) is 35.9 Å². The van der Waals surface area contributed by atoms with Crippen molar-refractivity contribution in [3.8, 4) is 11.5 Å². The first kappa shape index (κ1) is 22.1. The van der Waals surface area contributed by atoms with Gasteiger partial charge in [0.2, 0.25) is 22.7 Å². The molecule has 0 bridgehead atoms. The molecule has 0 fully saturated rings. The van der Waals surface area contributed by atoms with Gasteiger partial charge in [-0.1, -0.05) is 41.9 Å². The predicted molar refractivity (Wildman–Crippen MR) is 117 cm³/mol. The third-order valence-corrected chi connectivity index (χ3v) is 6.93. The molecule has 0 atom stereocenters. The number of carbonyl (C=O) groups is 1. The lowest BCUT2D eigenvalue weighted by Gasteiger charge is -2.22. The van der Waals surface area contributed by atoms with Crippen LogP contribution in [0, 0.1) is 5.82 Å². The first-order valence-electron chi connectivity index (χ1n) is 9.52. The molecule has 1 aliphatic heterocycles. The molecule has 0 aliphatic carbocycles. The molecule has 10 heteroatoms. The van der Waals surface area contributed by atoms with Crippen LogP contribution in [0.5, 0.6) is 11.5 Å². The van der Waals surface area contributed by atoms with Gasteiger partial charge in [-0.15, -0.1) is 0 Å². The van der Waals surface area contributed by atoms with Crippen LogP contribution in [0.25, 0.3) is 0 Å². The molecule has 0 unspecified atom stereocenters. The molecule has 7 nitrogen and oxygen atoms in total. The number of nitrogens with zero attached hydrogens (tertiary/aromatic N) is 1. The van der Waals surface area contributed by atoms with Gasteiger partial charge >= 0.3 is 0 Å². The van der Waals surface area contributed by atoms with Gasteiger partial charge in [-0.3, -0.25) is 4.79 Å². The monoisotopic (exact) mass is 476 g/mol. The van der Waals surface area contributed by atoms with E-state index < -0.39 is 33.2 Å². The lowest BCUT2D eigenvalue weighted by molar-refractivity contribution is -0.116. The second-order valence-electron chi connectivity index (χ2n) is 6.91. The van der Waals surface area contributed by atoms with Crippen molar-refractivity contribution in [2.45, 2.75) is 11.4 Å². The summed E-state index contributed by atoms with van der Waals surface area (Å²) in [5, 5.41) is 2.96. The van der Waals surface area contributed by atoms with Crippen molar-refractivity contribution in [2.75, 3.05) is 18.7 Å². The fourth-order valence-electron chi connectivity index (χ4n) is 3.17. The van der Waals surface area contributed by atoms with E-state index in [9.17, 15) is 17.6 Å². The van der Waals surface area contributed by atoms with E-state index in [4.69, 9.17) is 21.1 Å². The summed E-state index contributed by atoms with van der Waals surface area (Å²) in [5.41, 5.74) is 0.880. The largest absolute Gasteiger partial charge is 0.454 e. The topological polar surface area (TPSA) is 84.9 Å². The molecular formula is C22H18ClFN2O5S. The highest BCUT2D eigenvalue weighted by Gasteiger charge is 2.30. The van der Waals surface area contributed by atoms with Crippen molar-refractivity contribution >= 4 is 33.2 Å². The highest BCUT2D eigenvalue weighted by molar-refractivity contribution is 7.89. The molecule has 4 rings (SSSR count). The van der Waals surface area contributed by atoms with E-state index in [0.29, 0.717) is 27.8 Å². The van der Waals surface area contributed by atoms with E-state index in [1.54, 1.807) is 42.5 Å². The van der Waals surface area contributed by atoms with Crippen LogP contribution in [0.3, 0.4) is 0 Å². The maximum atomic E-state index is 14.3. The van der Waals surface area contributed by atoms with Crippen LogP contribution in [0.2, 0.25) is 5.02 Å². The summed E-state index contributed by atoms with van der Waals surface area (Å²) in [6.07, 6.45) is 0. The minimum atomic E-state index is -4.35. The maximum Gasteiger partial charge on any atom is 0.246 e. The van der Waals surface area contributed by atoms with Gasteiger partial charge in [-0.2, -0.15) is 4.31 Å². The molecule has 0 spiro atoms. The average Bonchev–Trinajstić information content (AvgIpc) is 3.23. The van der Waals surface area contributed by atoms with E-state index in [1.807, 2.05) is 0 Å². The standard InChI is InChI=1S/C22H18ClFN2O5S/c23-17-6-2-1-5-15(17)12-26(32(28,29)21-8-4-3-7-18(21)24)13-22(27)25-16-9-10-19-20(11-16)31-14-30-19/h1-11H,12-14H2,(H,25,27). The second-order valence-corrected chi connectivity index (χ2v) is 9.22. The van der Waals surface area contributed by atoms with Crippen molar-refractivity contribution in [1.29, 1.82) is 0 Å². The molecule has 0 aromatic heterocycles. The van der Waals surface area contributed by atoms with Crippen LogP contribution in [-0.4, -0.2) is 32.0 Å². The van der Waals surface area contributed by atoms with Crippen LogP contribution in [0.1, 0.15) is 5.56 Å². The average molecular weight is 477 g/mol. The number of anilines is 1. The summed E-state index contributed by atoms with van der Waals surface area (Å²) in [4.78, 5) is 12.2. The van der Waals surface area contributed by atoms with Crippen molar-refractivity contribution in [2.24, 2.45) is 0 Å². The number of benzene rings is 3. The van der Waals surface area contributed by atoms with Crippen LogP contribution >= 0.6 is 11.6 Å². The van der Waals surface area contributed by atoms with Gasteiger partial charge in [0, 0.05) is 23.3 Å². The number of halogens is 2. The zero-order chi connectivity index (χ0) is 22.7. The number of sulfonamides is 1. The zero-order valence-electron chi connectivity index (χ0n) is 16.6. The van der Waals surface area contributed by atoms with Gasteiger partial charge in [0.05, 0.1) is 6.54 Å². The molecule has 166 valence electrons. The molecule has 1 N–H and O–H groups in total. The minimum Gasteiger partial charge on any atom is -0.454 e. The smallest absolute Gasteiger partial charge is 0.246 e. The van der Waals surface area contributed by atoms with Gasteiger partial charge in [0.1, 0.15) is 10.7 Å². The summed E-state index contributed by atoms with van der Waals surface area (Å²) in [6, 6.07) is 16.5. The third kappa shape index (κ3) is 4.69. The molecule has 0 saturated carbocycles. The van der Waals surface area contributed by atoms with Crippen molar-refractivity contribution in [3.63, 3.8) is 0 Å². The Morgan fingerprint density at radius 3 is 2.53 bits per heavy atom. The quantitative estimate of drug-likeness (QED) is 0.556. The molecule has 32 heavy (non-hydrogen) atoms. The number of hydrogen-bond acceptors (Lipinski definition) is 5. The Morgan fingerprint density at radius 1 is 1.03 bits per heavy atom.